The van der Waals surface area contributed by atoms with E-state index in [1.165, 1.54) is 0 Å². The Morgan fingerprint density at radius 2 is 2.41 bits per heavy atom. The number of aromatic nitrogens is 1. The van der Waals surface area contributed by atoms with Crippen LogP contribution in [0.4, 0.5) is 0 Å². The van der Waals surface area contributed by atoms with Gasteiger partial charge < -0.3 is 15.5 Å². The molecule has 1 heterocycles. The second kappa shape index (κ2) is 4.36. The van der Waals surface area contributed by atoms with E-state index in [0.717, 1.165) is 23.5 Å². The molecule has 2 unspecified atom stereocenters. The molecule has 0 bridgehead atoms. The van der Waals surface area contributed by atoms with Crippen LogP contribution in [0.5, 0.6) is 0 Å². The molecule has 1 saturated carbocycles. The predicted molar refractivity (Wildman–Crippen MR) is 64.1 cm³/mol. The highest BCUT2D eigenvalue weighted by molar-refractivity contribution is 7.11. The van der Waals surface area contributed by atoms with Crippen LogP contribution in [0.25, 0.3) is 0 Å². The van der Waals surface area contributed by atoms with Crippen LogP contribution < -0.4 is 5.32 Å². The normalized spacial score (nSPS) is 26.5. The molecular weight excluding hydrogens is 240 g/mol. The molecule has 1 aromatic rings. The van der Waals surface area contributed by atoms with Gasteiger partial charge >= 0.3 is 5.97 Å². The summed E-state index contributed by atoms with van der Waals surface area (Å²) in [7, 11) is 0. The highest BCUT2D eigenvalue weighted by Crippen LogP contribution is 2.40. The molecule has 94 valence electrons. The lowest BCUT2D eigenvalue weighted by Crippen LogP contribution is -2.59. The lowest BCUT2D eigenvalue weighted by molar-refractivity contribution is -0.0730. The molecule has 0 spiro atoms. The highest BCUT2D eigenvalue weighted by Gasteiger charge is 2.46. The molecule has 0 aliphatic heterocycles. The van der Waals surface area contributed by atoms with Crippen LogP contribution in [0.2, 0.25) is 0 Å². The molecule has 1 fully saturated rings. The van der Waals surface area contributed by atoms with Gasteiger partial charge in [0.15, 0.2) is 0 Å². The Labute approximate surface area is 104 Å². The first-order valence-corrected chi connectivity index (χ1v) is 6.38. The maximum Gasteiger partial charge on any atom is 0.365 e. The first kappa shape index (κ1) is 12.5. The Hall–Kier alpha value is -0.980. The van der Waals surface area contributed by atoms with E-state index >= 15 is 0 Å². The van der Waals surface area contributed by atoms with Gasteiger partial charge in [0, 0.05) is 23.4 Å². The summed E-state index contributed by atoms with van der Waals surface area (Å²) in [4.78, 5) is 14.7. The van der Waals surface area contributed by atoms with E-state index in [1.54, 1.807) is 5.38 Å². The van der Waals surface area contributed by atoms with Gasteiger partial charge in [-0.1, -0.05) is 13.8 Å². The minimum absolute atomic E-state index is 0.119. The van der Waals surface area contributed by atoms with Crippen molar-refractivity contribution < 1.29 is 15.0 Å². The summed E-state index contributed by atoms with van der Waals surface area (Å²) in [6.07, 6.45) is 0.480. The third-order valence-electron chi connectivity index (χ3n) is 3.48. The monoisotopic (exact) mass is 256 g/mol. The van der Waals surface area contributed by atoms with Crippen molar-refractivity contribution in [3.05, 3.63) is 16.1 Å². The van der Waals surface area contributed by atoms with E-state index in [1.807, 2.05) is 13.8 Å². The van der Waals surface area contributed by atoms with Crippen LogP contribution >= 0.6 is 11.3 Å². The Morgan fingerprint density at radius 3 is 2.88 bits per heavy atom. The molecule has 1 aromatic heterocycles. The molecule has 1 aliphatic rings. The van der Waals surface area contributed by atoms with Crippen LogP contribution in [0.15, 0.2) is 5.38 Å². The number of aliphatic hydroxyl groups is 1. The van der Waals surface area contributed by atoms with Crippen LogP contribution in [0.3, 0.4) is 0 Å². The number of carbonyl (C=O) groups is 1. The average Bonchev–Trinajstić information content (AvgIpc) is 2.72. The quantitative estimate of drug-likeness (QED) is 0.751. The van der Waals surface area contributed by atoms with Crippen LogP contribution in [0, 0.1) is 5.41 Å². The molecule has 5 nitrogen and oxygen atoms in total. The van der Waals surface area contributed by atoms with Gasteiger partial charge in [-0.05, 0) is 6.42 Å². The van der Waals surface area contributed by atoms with Crippen molar-refractivity contribution in [2.24, 2.45) is 5.41 Å². The van der Waals surface area contributed by atoms with Gasteiger partial charge in [0.25, 0.3) is 0 Å². The molecule has 1 aliphatic carbocycles. The maximum atomic E-state index is 10.7. The van der Waals surface area contributed by atoms with Crippen molar-refractivity contribution in [3.63, 3.8) is 0 Å². The van der Waals surface area contributed by atoms with E-state index in [-0.39, 0.29) is 22.6 Å². The molecule has 3 N–H and O–H groups in total. The number of carboxylic acids is 1. The first-order chi connectivity index (χ1) is 7.91. The Balaban J connectivity index is 1.88. The van der Waals surface area contributed by atoms with Crippen molar-refractivity contribution in [2.75, 3.05) is 0 Å². The zero-order valence-electron chi connectivity index (χ0n) is 9.80. The Kier molecular flexibility index (Phi) is 3.20. The number of thiazole rings is 1. The number of nitrogens with one attached hydrogen (secondary N) is 1. The van der Waals surface area contributed by atoms with Gasteiger partial charge in [0.2, 0.25) is 5.01 Å². The number of aliphatic hydroxyl groups excluding tert-OH is 1. The van der Waals surface area contributed by atoms with Crippen molar-refractivity contribution >= 4 is 17.3 Å². The van der Waals surface area contributed by atoms with E-state index in [4.69, 9.17) is 5.11 Å². The van der Waals surface area contributed by atoms with E-state index < -0.39 is 5.97 Å². The molecule has 17 heavy (non-hydrogen) atoms. The van der Waals surface area contributed by atoms with Crippen molar-refractivity contribution in [3.8, 4) is 0 Å². The van der Waals surface area contributed by atoms with Gasteiger partial charge in [0.05, 0.1) is 11.8 Å². The first-order valence-electron chi connectivity index (χ1n) is 5.50. The fourth-order valence-corrected chi connectivity index (χ4v) is 2.62. The molecule has 6 heteroatoms. The lowest BCUT2D eigenvalue weighted by atomic mass is 9.64. The molecule has 2 atom stereocenters. The van der Waals surface area contributed by atoms with E-state index in [9.17, 15) is 9.90 Å². The summed E-state index contributed by atoms with van der Waals surface area (Å²) in [5, 5.41) is 23.5. The second-order valence-corrected chi connectivity index (χ2v) is 5.81. The standard InChI is InChI=1S/C11H16N2O3S/c1-11(2)7(3-8(11)14)12-4-6-5-17-9(13-6)10(15)16/h5,7-8,12,14H,3-4H2,1-2H3,(H,15,16). The topological polar surface area (TPSA) is 82.5 Å². The zero-order chi connectivity index (χ0) is 12.6. The van der Waals surface area contributed by atoms with Crippen LogP contribution in [0.1, 0.15) is 35.8 Å². The van der Waals surface area contributed by atoms with Crippen molar-refractivity contribution in [1.82, 2.24) is 10.3 Å². The lowest BCUT2D eigenvalue weighted by Gasteiger charge is -2.49. The molecule has 0 aromatic carbocycles. The largest absolute Gasteiger partial charge is 0.476 e. The Bertz CT molecular complexity index is 430. The maximum absolute atomic E-state index is 10.7. The molecule has 0 saturated heterocycles. The Morgan fingerprint density at radius 1 is 1.71 bits per heavy atom. The SMILES string of the molecule is CC1(C)C(O)CC1NCc1csc(C(=O)O)n1. The minimum Gasteiger partial charge on any atom is -0.476 e. The van der Waals surface area contributed by atoms with E-state index in [2.05, 4.69) is 10.3 Å². The number of rotatable bonds is 4. The summed E-state index contributed by atoms with van der Waals surface area (Å²) in [5.41, 5.74) is 0.621. The van der Waals surface area contributed by atoms with Gasteiger partial charge in [-0.15, -0.1) is 11.3 Å². The number of hydrogen-bond acceptors (Lipinski definition) is 5. The summed E-state index contributed by atoms with van der Waals surface area (Å²) in [6, 6.07) is 0.257. The summed E-state index contributed by atoms with van der Waals surface area (Å²) in [5.74, 6) is -0.986. The third kappa shape index (κ3) is 2.34. The highest BCUT2D eigenvalue weighted by atomic mass is 32.1. The van der Waals surface area contributed by atoms with Crippen molar-refractivity contribution in [1.29, 1.82) is 0 Å². The summed E-state index contributed by atoms with van der Waals surface area (Å²) >= 11 is 1.14. The fraction of sp³-hybridized carbons (Fsp3) is 0.636. The van der Waals surface area contributed by atoms with E-state index in [0.29, 0.717) is 6.54 Å². The number of aromatic carboxylic acids is 1. The number of hydrogen-bond donors (Lipinski definition) is 3. The fourth-order valence-electron chi connectivity index (χ4n) is 1.96. The predicted octanol–water partition coefficient (Wildman–Crippen LogP) is 1.09. The summed E-state index contributed by atoms with van der Waals surface area (Å²) in [6.45, 7) is 4.58. The van der Waals surface area contributed by atoms with Gasteiger partial charge in [-0.25, -0.2) is 9.78 Å². The number of nitrogens with zero attached hydrogens (tertiary/aromatic N) is 1. The van der Waals surface area contributed by atoms with Crippen LogP contribution in [-0.4, -0.2) is 33.3 Å². The second-order valence-electron chi connectivity index (χ2n) is 4.96. The van der Waals surface area contributed by atoms with Gasteiger partial charge in [-0.2, -0.15) is 0 Å². The third-order valence-corrected chi connectivity index (χ3v) is 4.36. The summed E-state index contributed by atoms with van der Waals surface area (Å²) < 4.78 is 0. The van der Waals surface area contributed by atoms with Gasteiger partial charge in [-0.3, -0.25) is 0 Å². The van der Waals surface area contributed by atoms with Crippen molar-refractivity contribution in [2.45, 2.75) is 39.0 Å². The minimum atomic E-state index is -0.986. The average molecular weight is 256 g/mol. The van der Waals surface area contributed by atoms with Gasteiger partial charge in [0.1, 0.15) is 0 Å². The smallest absolute Gasteiger partial charge is 0.365 e. The molecule has 2 rings (SSSR count). The zero-order valence-corrected chi connectivity index (χ0v) is 10.6. The van der Waals surface area contributed by atoms with Crippen LogP contribution in [-0.2, 0) is 6.54 Å². The molecular formula is C11H16N2O3S. The number of carboxylic acid groups (broad SMARTS) is 1. The molecule has 0 radical (unpaired) electrons. The molecule has 0 amide bonds.